The lowest BCUT2D eigenvalue weighted by Gasteiger charge is -2.28. The van der Waals surface area contributed by atoms with Crippen LogP contribution in [0.5, 0.6) is 0 Å². The predicted octanol–water partition coefficient (Wildman–Crippen LogP) is 1.46. The minimum absolute atomic E-state index is 0.137. The van der Waals surface area contributed by atoms with Crippen molar-refractivity contribution in [1.29, 1.82) is 5.26 Å². The van der Waals surface area contributed by atoms with Gasteiger partial charge in [-0.1, -0.05) is 6.92 Å². The van der Waals surface area contributed by atoms with Gasteiger partial charge in [0.1, 0.15) is 0 Å². The standard InChI is InChI=1S/C12H21N3/c1-3-10(8-13)15-7-6-11-4-5-12(9-15)14(11)2/h10-12H,3-7,9H2,1-2H3. The fraction of sp³-hybridized carbons (Fsp3) is 0.917. The van der Waals surface area contributed by atoms with Gasteiger partial charge in [-0.15, -0.1) is 0 Å². The minimum Gasteiger partial charge on any atom is -0.299 e. The largest absolute Gasteiger partial charge is 0.299 e. The summed E-state index contributed by atoms with van der Waals surface area (Å²) in [5.41, 5.74) is 0. The van der Waals surface area contributed by atoms with Gasteiger partial charge in [0, 0.05) is 25.2 Å². The molecule has 15 heavy (non-hydrogen) atoms. The molecule has 0 aromatic carbocycles. The van der Waals surface area contributed by atoms with Crippen molar-refractivity contribution in [2.24, 2.45) is 0 Å². The third kappa shape index (κ3) is 2.02. The molecule has 0 aromatic heterocycles. The first-order valence-electron chi connectivity index (χ1n) is 6.11. The fourth-order valence-corrected chi connectivity index (χ4v) is 3.05. The van der Waals surface area contributed by atoms with Crippen molar-refractivity contribution in [1.82, 2.24) is 9.80 Å². The fourth-order valence-electron chi connectivity index (χ4n) is 3.05. The van der Waals surface area contributed by atoms with E-state index >= 15 is 0 Å². The smallest absolute Gasteiger partial charge is 0.0975 e. The van der Waals surface area contributed by atoms with Gasteiger partial charge in [-0.2, -0.15) is 5.26 Å². The summed E-state index contributed by atoms with van der Waals surface area (Å²) < 4.78 is 0. The highest BCUT2D eigenvalue weighted by Gasteiger charge is 2.36. The third-order valence-electron chi connectivity index (χ3n) is 4.16. The molecule has 0 amide bonds. The highest BCUT2D eigenvalue weighted by atomic mass is 15.3. The van der Waals surface area contributed by atoms with E-state index in [1.807, 2.05) is 0 Å². The lowest BCUT2D eigenvalue weighted by molar-refractivity contribution is 0.195. The molecule has 2 saturated heterocycles. The molecule has 2 bridgehead atoms. The first-order chi connectivity index (χ1) is 7.26. The van der Waals surface area contributed by atoms with Gasteiger partial charge in [-0.3, -0.25) is 9.80 Å². The van der Waals surface area contributed by atoms with E-state index in [2.05, 4.69) is 29.8 Å². The summed E-state index contributed by atoms with van der Waals surface area (Å²) in [4.78, 5) is 4.92. The van der Waals surface area contributed by atoms with Gasteiger partial charge in [0.2, 0.25) is 0 Å². The van der Waals surface area contributed by atoms with Crippen LogP contribution >= 0.6 is 0 Å². The number of fused-ring (bicyclic) bond motifs is 2. The quantitative estimate of drug-likeness (QED) is 0.686. The van der Waals surface area contributed by atoms with Gasteiger partial charge >= 0.3 is 0 Å². The highest BCUT2D eigenvalue weighted by Crippen LogP contribution is 2.29. The molecule has 0 saturated carbocycles. The second kappa shape index (κ2) is 4.51. The molecule has 2 rings (SSSR count). The highest BCUT2D eigenvalue weighted by molar-refractivity contribution is 4.97. The van der Waals surface area contributed by atoms with Crippen LogP contribution in [0.2, 0.25) is 0 Å². The summed E-state index contributed by atoms with van der Waals surface area (Å²) in [5.74, 6) is 0. The molecule has 0 radical (unpaired) electrons. The van der Waals surface area contributed by atoms with Crippen LogP contribution in [0.4, 0.5) is 0 Å². The summed E-state index contributed by atoms with van der Waals surface area (Å²) in [5, 5.41) is 9.10. The Hall–Kier alpha value is -0.590. The van der Waals surface area contributed by atoms with Gasteiger partial charge in [0.05, 0.1) is 12.1 Å². The Kier molecular flexibility index (Phi) is 3.28. The Bertz CT molecular complexity index is 258. The Labute approximate surface area is 92.7 Å². The molecule has 0 N–H and O–H groups in total. The number of hydrogen-bond acceptors (Lipinski definition) is 3. The second-order valence-electron chi connectivity index (χ2n) is 4.89. The lowest BCUT2D eigenvalue weighted by atomic mass is 10.1. The summed E-state index contributed by atoms with van der Waals surface area (Å²) in [6.07, 6.45) is 4.88. The SMILES string of the molecule is CCC(C#N)N1CCC2CCC(C1)N2C. The maximum absolute atomic E-state index is 9.10. The zero-order valence-corrected chi connectivity index (χ0v) is 9.82. The van der Waals surface area contributed by atoms with E-state index in [0.717, 1.165) is 25.6 Å². The van der Waals surface area contributed by atoms with Gasteiger partial charge in [0.15, 0.2) is 0 Å². The van der Waals surface area contributed by atoms with Gasteiger partial charge in [-0.25, -0.2) is 0 Å². The molecule has 0 spiro atoms. The van der Waals surface area contributed by atoms with Crippen LogP contribution in [0, 0.1) is 11.3 Å². The first kappa shape index (κ1) is 10.9. The molecule has 84 valence electrons. The van der Waals surface area contributed by atoms with Crippen molar-refractivity contribution >= 4 is 0 Å². The normalized spacial score (nSPS) is 34.7. The van der Waals surface area contributed by atoms with Gasteiger partial charge in [-0.05, 0) is 32.7 Å². The van der Waals surface area contributed by atoms with Gasteiger partial charge < -0.3 is 0 Å². The van der Waals surface area contributed by atoms with E-state index in [-0.39, 0.29) is 6.04 Å². The Morgan fingerprint density at radius 2 is 2.07 bits per heavy atom. The Balaban J connectivity index is 2.03. The third-order valence-corrected chi connectivity index (χ3v) is 4.16. The molecule has 3 atom stereocenters. The monoisotopic (exact) mass is 207 g/mol. The number of hydrogen-bond donors (Lipinski definition) is 0. The first-order valence-corrected chi connectivity index (χ1v) is 6.11. The Morgan fingerprint density at radius 1 is 1.33 bits per heavy atom. The van der Waals surface area contributed by atoms with E-state index in [0.29, 0.717) is 6.04 Å². The van der Waals surface area contributed by atoms with Gasteiger partial charge in [0.25, 0.3) is 0 Å². The average Bonchev–Trinajstić information content (AvgIpc) is 2.46. The number of likely N-dealkylation sites (tertiary alicyclic amines) is 1. The molecular weight excluding hydrogens is 186 g/mol. The maximum Gasteiger partial charge on any atom is 0.0975 e. The molecule has 2 aliphatic rings. The van der Waals surface area contributed by atoms with E-state index < -0.39 is 0 Å². The van der Waals surface area contributed by atoms with E-state index in [4.69, 9.17) is 5.26 Å². The van der Waals surface area contributed by atoms with Crippen molar-refractivity contribution in [3.8, 4) is 6.07 Å². The summed E-state index contributed by atoms with van der Waals surface area (Å²) in [6.45, 7) is 4.32. The molecule has 2 heterocycles. The zero-order valence-electron chi connectivity index (χ0n) is 9.82. The summed E-state index contributed by atoms with van der Waals surface area (Å²) in [6, 6.07) is 4.04. The number of nitrogens with zero attached hydrogens (tertiary/aromatic N) is 3. The van der Waals surface area contributed by atoms with Crippen molar-refractivity contribution in [2.75, 3.05) is 20.1 Å². The van der Waals surface area contributed by atoms with Crippen LogP contribution in [0.3, 0.4) is 0 Å². The van der Waals surface area contributed by atoms with Crippen LogP contribution < -0.4 is 0 Å². The molecule has 2 aliphatic heterocycles. The number of likely N-dealkylation sites (N-methyl/N-ethyl adjacent to an activating group) is 1. The van der Waals surface area contributed by atoms with E-state index in [1.54, 1.807) is 0 Å². The van der Waals surface area contributed by atoms with Crippen molar-refractivity contribution in [3.63, 3.8) is 0 Å². The maximum atomic E-state index is 9.10. The molecule has 3 nitrogen and oxygen atoms in total. The summed E-state index contributed by atoms with van der Waals surface area (Å²) >= 11 is 0. The molecule has 0 aliphatic carbocycles. The molecular formula is C12H21N3. The number of rotatable bonds is 2. The van der Waals surface area contributed by atoms with Crippen molar-refractivity contribution in [2.45, 2.75) is 50.7 Å². The van der Waals surface area contributed by atoms with Crippen molar-refractivity contribution in [3.05, 3.63) is 0 Å². The minimum atomic E-state index is 0.137. The molecule has 3 heteroatoms. The van der Waals surface area contributed by atoms with Crippen LogP contribution in [0.15, 0.2) is 0 Å². The average molecular weight is 207 g/mol. The van der Waals surface area contributed by atoms with E-state index in [1.165, 1.54) is 19.3 Å². The zero-order chi connectivity index (χ0) is 10.8. The topological polar surface area (TPSA) is 30.3 Å². The predicted molar refractivity (Wildman–Crippen MR) is 60.5 cm³/mol. The molecule has 0 aromatic rings. The van der Waals surface area contributed by atoms with E-state index in [9.17, 15) is 0 Å². The summed E-state index contributed by atoms with van der Waals surface area (Å²) in [7, 11) is 2.25. The Morgan fingerprint density at radius 3 is 2.73 bits per heavy atom. The van der Waals surface area contributed by atoms with Crippen LogP contribution in [-0.4, -0.2) is 48.1 Å². The van der Waals surface area contributed by atoms with Crippen LogP contribution in [0.1, 0.15) is 32.6 Å². The van der Waals surface area contributed by atoms with Crippen LogP contribution in [-0.2, 0) is 0 Å². The molecule has 3 unspecified atom stereocenters. The molecule has 2 fully saturated rings. The number of nitriles is 1. The van der Waals surface area contributed by atoms with Crippen molar-refractivity contribution < 1.29 is 0 Å². The van der Waals surface area contributed by atoms with Crippen LogP contribution in [0.25, 0.3) is 0 Å². The lowest BCUT2D eigenvalue weighted by Crippen LogP contribution is -2.41. The second-order valence-corrected chi connectivity index (χ2v) is 4.89.